The Labute approximate surface area is 69.5 Å². The van der Waals surface area contributed by atoms with E-state index in [0.29, 0.717) is 0 Å². The maximum absolute atomic E-state index is 10.0. The Morgan fingerprint density at radius 1 is 1.27 bits per heavy atom. The molecule has 0 saturated heterocycles. The van der Waals surface area contributed by atoms with E-state index < -0.39 is 0 Å². The van der Waals surface area contributed by atoms with Crippen LogP contribution in [0.1, 0.15) is 46.0 Å². The molecule has 0 aromatic rings. The summed E-state index contributed by atoms with van der Waals surface area (Å²) in [4.78, 5) is 10.0. The summed E-state index contributed by atoms with van der Waals surface area (Å²) in [6, 6.07) is 0. The predicted octanol–water partition coefficient (Wildman–Crippen LogP) is 3.10. The van der Waals surface area contributed by atoms with Crippen LogP contribution in [0.2, 0.25) is 0 Å². The Bertz CT molecular complexity index is 125. The molecule has 11 heavy (non-hydrogen) atoms. The van der Waals surface area contributed by atoms with Gasteiger partial charge in [-0.05, 0) is 25.8 Å². The van der Waals surface area contributed by atoms with E-state index in [9.17, 15) is 4.79 Å². The van der Waals surface area contributed by atoms with E-state index in [2.05, 4.69) is 6.92 Å². The van der Waals surface area contributed by atoms with Crippen molar-refractivity contribution in [1.29, 1.82) is 0 Å². The van der Waals surface area contributed by atoms with Gasteiger partial charge in [0.25, 0.3) is 0 Å². The first-order chi connectivity index (χ1) is 5.31. The topological polar surface area (TPSA) is 17.1 Å². The number of carbonyl (C=O) groups is 1. The van der Waals surface area contributed by atoms with E-state index in [0.717, 1.165) is 12.7 Å². The van der Waals surface area contributed by atoms with Crippen molar-refractivity contribution in [2.45, 2.75) is 46.0 Å². The number of rotatable bonds is 6. The van der Waals surface area contributed by atoms with E-state index >= 15 is 0 Å². The molecular formula is C10H18O. The molecule has 0 aromatic carbocycles. The van der Waals surface area contributed by atoms with Gasteiger partial charge in [0.15, 0.2) is 0 Å². The van der Waals surface area contributed by atoms with Crippen LogP contribution in [0.25, 0.3) is 0 Å². The summed E-state index contributed by atoms with van der Waals surface area (Å²) < 4.78 is 0. The van der Waals surface area contributed by atoms with Crippen LogP contribution in [0.3, 0.4) is 0 Å². The van der Waals surface area contributed by atoms with Crippen molar-refractivity contribution in [3.8, 4) is 0 Å². The highest BCUT2D eigenvalue weighted by Gasteiger charge is 1.89. The molecule has 0 radical (unpaired) electrons. The second-order valence-corrected chi connectivity index (χ2v) is 2.96. The summed E-state index contributed by atoms with van der Waals surface area (Å²) >= 11 is 0. The van der Waals surface area contributed by atoms with E-state index in [1.165, 1.54) is 31.3 Å². The quantitative estimate of drug-likeness (QED) is 0.326. The lowest BCUT2D eigenvalue weighted by Gasteiger charge is -1.98. The zero-order valence-electron chi connectivity index (χ0n) is 7.60. The van der Waals surface area contributed by atoms with Gasteiger partial charge in [0.2, 0.25) is 0 Å². The number of hydrogen-bond donors (Lipinski definition) is 0. The van der Waals surface area contributed by atoms with Crippen molar-refractivity contribution < 1.29 is 4.79 Å². The number of allylic oxidation sites excluding steroid dienone is 2. The molecule has 0 heterocycles. The zero-order valence-corrected chi connectivity index (χ0v) is 7.60. The maximum atomic E-state index is 10.0. The van der Waals surface area contributed by atoms with Gasteiger partial charge in [0, 0.05) is 0 Å². The van der Waals surface area contributed by atoms with E-state index in [4.69, 9.17) is 0 Å². The van der Waals surface area contributed by atoms with Crippen molar-refractivity contribution in [3.05, 3.63) is 11.6 Å². The minimum atomic E-state index is 0.870. The van der Waals surface area contributed by atoms with Gasteiger partial charge in [-0.25, -0.2) is 0 Å². The first-order valence-electron chi connectivity index (χ1n) is 4.42. The molecule has 0 bridgehead atoms. The number of carbonyl (C=O) groups excluding carboxylic acids is 1. The van der Waals surface area contributed by atoms with Gasteiger partial charge < -0.3 is 0 Å². The third-order valence-electron chi connectivity index (χ3n) is 1.78. The maximum Gasteiger partial charge on any atom is 0.142 e. The van der Waals surface area contributed by atoms with Gasteiger partial charge in [-0.2, -0.15) is 0 Å². The lowest BCUT2D eigenvalue weighted by molar-refractivity contribution is -0.104. The van der Waals surface area contributed by atoms with Gasteiger partial charge in [-0.3, -0.25) is 4.79 Å². The molecule has 0 fully saturated rings. The first-order valence-corrected chi connectivity index (χ1v) is 4.42. The van der Waals surface area contributed by atoms with Crippen molar-refractivity contribution >= 4 is 6.29 Å². The molecule has 1 nitrogen and oxygen atoms in total. The van der Waals surface area contributed by atoms with Gasteiger partial charge >= 0.3 is 0 Å². The van der Waals surface area contributed by atoms with Crippen LogP contribution in [0, 0.1) is 0 Å². The molecule has 0 aromatic heterocycles. The van der Waals surface area contributed by atoms with Crippen molar-refractivity contribution in [2.75, 3.05) is 0 Å². The van der Waals surface area contributed by atoms with E-state index in [1.54, 1.807) is 6.08 Å². The molecule has 0 saturated carbocycles. The summed E-state index contributed by atoms with van der Waals surface area (Å²) in [6.45, 7) is 4.22. The SMILES string of the molecule is CCCCCCC(C)=CC=O. The molecule has 0 amide bonds. The van der Waals surface area contributed by atoms with Crippen molar-refractivity contribution in [2.24, 2.45) is 0 Å². The Hall–Kier alpha value is -0.590. The lowest BCUT2D eigenvalue weighted by Crippen LogP contribution is -1.80. The molecule has 0 atom stereocenters. The summed E-state index contributed by atoms with van der Waals surface area (Å²) in [7, 11) is 0. The monoisotopic (exact) mass is 154 g/mol. The van der Waals surface area contributed by atoms with Crippen molar-refractivity contribution in [1.82, 2.24) is 0 Å². The Morgan fingerprint density at radius 2 is 2.00 bits per heavy atom. The lowest BCUT2D eigenvalue weighted by atomic mass is 10.1. The van der Waals surface area contributed by atoms with Gasteiger partial charge in [-0.15, -0.1) is 0 Å². The highest BCUT2D eigenvalue weighted by atomic mass is 16.1. The zero-order chi connectivity index (χ0) is 8.53. The molecule has 0 aliphatic rings. The Morgan fingerprint density at radius 3 is 2.55 bits per heavy atom. The van der Waals surface area contributed by atoms with E-state index in [1.807, 2.05) is 6.92 Å². The number of aldehydes is 1. The second kappa shape index (κ2) is 7.52. The van der Waals surface area contributed by atoms with Crippen LogP contribution in [-0.4, -0.2) is 6.29 Å². The van der Waals surface area contributed by atoms with Crippen LogP contribution in [0.15, 0.2) is 11.6 Å². The van der Waals surface area contributed by atoms with Gasteiger partial charge in [-0.1, -0.05) is 31.8 Å². The third-order valence-corrected chi connectivity index (χ3v) is 1.78. The summed E-state index contributed by atoms with van der Waals surface area (Å²) in [5.41, 5.74) is 1.20. The Balaban J connectivity index is 3.23. The highest BCUT2D eigenvalue weighted by molar-refractivity contribution is 5.65. The molecular weight excluding hydrogens is 136 g/mol. The molecule has 1 heteroatoms. The average Bonchev–Trinajstić information content (AvgIpc) is 1.99. The van der Waals surface area contributed by atoms with Crippen LogP contribution in [0.5, 0.6) is 0 Å². The average molecular weight is 154 g/mol. The molecule has 0 aliphatic heterocycles. The van der Waals surface area contributed by atoms with E-state index in [-0.39, 0.29) is 0 Å². The van der Waals surface area contributed by atoms with Crippen LogP contribution in [-0.2, 0) is 4.79 Å². The summed E-state index contributed by atoms with van der Waals surface area (Å²) in [6.07, 6.45) is 8.72. The first kappa shape index (κ1) is 10.4. The van der Waals surface area contributed by atoms with Crippen LogP contribution in [0.4, 0.5) is 0 Å². The number of unbranched alkanes of at least 4 members (excludes halogenated alkanes) is 3. The fourth-order valence-corrected chi connectivity index (χ4v) is 1.03. The van der Waals surface area contributed by atoms with Crippen LogP contribution < -0.4 is 0 Å². The largest absolute Gasteiger partial charge is 0.299 e. The standard InChI is InChI=1S/C10H18O/c1-3-4-5-6-7-10(2)8-9-11/h8-9H,3-7H2,1-2H3. The molecule has 0 aliphatic carbocycles. The molecule has 0 rings (SSSR count). The minimum absolute atomic E-state index is 0.870. The molecule has 0 unspecified atom stereocenters. The molecule has 64 valence electrons. The number of hydrogen-bond acceptors (Lipinski definition) is 1. The predicted molar refractivity (Wildman–Crippen MR) is 48.6 cm³/mol. The summed E-state index contributed by atoms with van der Waals surface area (Å²) in [5, 5.41) is 0. The van der Waals surface area contributed by atoms with Gasteiger partial charge in [0.1, 0.15) is 6.29 Å². The Kier molecular flexibility index (Phi) is 7.11. The third kappa shape index (κ3) is 7.31. The fraction of sp³-hybridized carbons (Fsp3) is 0.700. The normalized spacial score (nSPS) is 11.6. The van der Waals surface area contributed by atoms with Gasteiger partial charge in [0.05, 0.1) is 0 Å². The fourth-order valence-electron chi connectivity index (χ4n) is 1.03. The molecule has 0 spiro atoms. The van der Waals surface area contributed by atoms with Crippen molar-refractivity contribution in [3.63, 3.8) is 0 Å². The smallest absolute Gasteiger partial charge is 0.142 e. The minimum Gasteiger partial charge on any atom is -0.299 e. The summed E-state index contributed by atoms with van der Waals surface area (Å²) in [5.74, 6) is 0. The second-order valence-electron chi connectivity index (χ2n) is 2.96. The highest BCUT2D eigenvalue weighted by Crippen LogP contribution is 2.08. The van der Waals surface area contributed by atoms with Crippen LogP contribution >= 0.6 is 0 Å². The molecule has 0 N–H and O–H groups in total.